The predicted octanol–water partition coefficient (Wildman–Crippen LogP) is 7.32. The molecule has 2 heterocycles. The summed E-state index contributed by atoms with van der Waals surface area (Å²) in [6.07, 6.45) is 9.23. The summed E-state index contributed by atoms with van der Waals surface area (Å²) in [5, 5.41) is 10.5. The molecule has 1 saturated heterocycles. The minimum absolute atomic E-state index is 0.387. The third-order valence-corrected chi connectivity index (χ3v) is 7.09. The molecule has 1 fully saturated rings. The highest BCUT2D eigenvalue weighted by Gasteiger charge is 2.20. The van der Waals surface area contributed by atoms with Crippen molar-refractivity contribution in [1.82, 2.24) is 15.3 Å². The Kier molecular flexibility index (Phi) is 11.9. The normalized spacial score (nSPS) is 13.4. The van der Waals surface area contributed by atoms with Gasteiger partial charge < -0.3 is 30.2 Å². The summed E-state index contributed by atoms with van der Waals surface area (Å²) in [4.78, 5) is 9.13. The Morgan fingerprint density at radius 1 is 1.00 bits per heavy atom. The van der Waals surface area contributed by atoms with Crippen molar-refractivity contribution >= 4 is 34.7 Å². The second-order valence-corrected chi connectivity index (χ2v) is 10.3. The Hall–Kier alpha value is -3.59. The zero-order chi connectivity index (χ0) is 28.9. The molecule has 0 unspecified atom stereocenters. The average Bonchev–Trinajstić information content (AvgIpc) is 2.99. The number of anilines is 4. The first-order valence-electron chi connectivity index (χ1n) is 14.1. The quantitative estimate of drug-likeness (QED) is 0.120. The molecule has 0 atom stereocenters. The average molecular weight is 578 g/mol. The van der Waals surface area contributed by atoms with Crippen LogP contribution in [0.25, 0.3) is 0 Å². The zero-order valence-electron chi connectivity index (χ0n) is 23.8. The van der Waals surface area contributed by atoms with Crippen molar-refractivity contribution in [2.75, 3.05) is 50.2 Å². The van der Waals surface area contributed by atoms with Crippen molar-refractivity contribution in [3.63, 3.8) is 0 Å². The number of aryl methyl sites for hydroxylation is 1. The minimum Gasteiger partial charge on any atom is -0.491 e. The van der Waals surface area contributed by atoms with E-state index in [9.17, 15) is 0 Å². The molecule has 3 N–H and O–H groups in total. The Bertz CT molecular complexity index is 1300. The highest BCUT2D eigenvalue weighted by molar-refractivity contribution is 6.32. The summed E-state index contributed by atoms with van der Waals surface area (Å²) >= 11 is 6.50. The van der Waals surface area contributed by atoms with E-state index in [1.54, 1.807) is 12.3 Å². The summed E-state index contributed by atoms with van der Waals surface area (Å²) < 4.78 is 17.6. The largest absolute Gasteiger partial charge is 0.491 e. The van der Waals surface area contributed by atoms with Gasteiger partial charge >= 0.3 is 0 Å². The number of nitrogens with one attached hydrogen (secondary N) is 3. The van der Waals surface area contributed by atoms with Gasteiger partial charge in [0.15, 0.2) is 5.82 Å². The molecular weight excluding hydrogens is 538 g/mol. The third kappa shape index (κ3) is 8.95. The topological polar surface area (TPSA) is 89.6 Å². The maximum atomic E-state index is 6.50. The molecule has 4 rings (SSSR count). The van der Waals surface area contributed by atoms with E-state index in [-0.39, 0.29) is 0 Å². The van der Waals surface area contributed by atoms with Crippen LogP contribution in [0.5, 0.6) is 11.5 Å². The van der Waals surface area contributed by atoms with Crippen LogP contribution >= 0.6 is 11.6 Å². The molecule has 1 aliphatic heterocycles. The van der Waals surface area contributed by atoms with E-state index >= 15 is 0 Å². The Balaban J connectivity index is 1.53. The smallest absolute Gasteiger partial charge is 0.229 e. The summed E-state index contributed by atoms with van der Waals surface area (Å²) in [5.74, 6) is 2.83. The summed E-state index contributed by atoms with van der Waals surface area (Å²) in [5.41, 5.74) is 4.10. The van der Waals surface area contributed by atoms with E-state index in [0.29, 0.717) is 54.9 Å². The van der Waals surface area contributed by atoms with Gasteiger partial charge in [0.25, 0.3) is 0 Å². The maximum absolute atomic E-state index is 6.50. The molecule has 0 bridgehead atoms. The van der Waals surface area contributed by atoms with E-state index in [1.165, 1.54) is 11.1 Å². The van der Waals surface area contributed by atoms with E-state index in [1.807, 2.05) is 30.3 Å². The van der Waals surface area contributed by atoms with Gasteiger partial charge in [0.2, 0.25) is 5.95 Å². The molecule has 3 aromatic rings. The Morgan fingerprint density at radius 2 is 1.80 bits per heavy atom. The monoisotopic (exact) mass is 577 g/mol. The zero-order valence-corrected chi connectivity index (χ0v) is 24.5. The van der Waals surface area contributed by atoms with Crippen molar-refractivity contribution in [1.29, 1.82) is 0 Å². The van der Waals surface area contributed by atoms with Crippen LogP contribution in [0.3, 0.4) is 0 Å². The minimum atomic E-state index is 0.387. The Morgan fingerprint density at radius 3 is 2.61 bits per heavy atom. The van der Waals surface area contributed by atoms with Gasteiger partial charge in [-0.3, -0.25) is 0 Å². The van der Waals surface area contributed by atoms with Crippen molar-refractivity contribution in [3.05, 3.63) is 84.1 Å². The van der Waals surface area contributed by atoms with Gasteiger partial charge in [0.1, 0.15) is 23.1 Å². The first-order valence-corrected chi connectivity index (χ1v) is 14.5. The highest BCUT2D eigenvalue weighted by atomic mass is 35.5. The van der Waals surface area contributed by atoms with E-state index in [4.69, 9.17) is 25.8 Å². The van der Waals surface area contributed by atoms with Crippen LogP contribution in [0.4, 0.5) is 23.1 Å². The molecule has 0 saturated carbocycles. The molecule has 0 aliphatic carbocycles. The van der Waals surface area contributed by atoms with Crippen LogP contribution < -0.4 is 25.4 Å². The van der Waals surface area contributed by atoms with Crippen molar-refractivity contribution in [3.8, 4) is 11.5 Å². The van der Waals surface area contributed by atoms with Crippen molar-refractivity contribution in [2.24, 2.45) is 0 Å². The van der Waals surface area contributed by atoms with E-state index in [0.717, 1.165) is 55.9 Å². The highest BCUT2D eigenvalue weighted by Crippen LogP contribution is 2.37. The number of piperidine rings is 1. The lowest BCUT2D eigenvalue weighted by atomic mass is 9.87. The number of benzene rings is 2. The number of allylic oxidation sites excluding steroid dienone is 1. The second kappa shape index (κ2) is 16.0. The fourth-order valence-electron chi connectivity index (χ4n) is 4.74. The molecule has 1 aromatic heterocycles. The maximum Gasteiger partial charge on any atom is 0.229 e. The molecule has 218 valence electrons. The van der Waals surface area contributed by atoms with Gasteiger partial charge in [-0.15, -0.1) is 13.2 Å². The number of rotatable bonds is 16. The molecule has 2 aromatic carbocycles. The molecule has 41 heavy (non-hydrogen) atoms. The lowest BCUT2D eigenvalue weighted by molar-refractivity contribution is 0.121. The van der Waals surface area contributed by atoms with Gasteiger partial charge in [-0.2, -0.15) is 4.98 Å². The van der Waals surface area contributed by atoms with Crippen LogP contribution in [-0.2, 0) is 4.74 Å². The van der Waals surface area contributed by atoms with Crippen LogP contribution in [0.1, 0.15) is 42.7 Å². The van der Waals surface area contributed by atoms with Gasteiger partial charge in [-0.05, 0) is 87.0 Å². The van der Waals surface area contributed by atoms with Crippen LogP contribution in [0, 0.1) is 6.92 Å². The standard InChI is InChI=1S/C32H40ClN5O3/c1-4-6-9-17-40-30-21-25(24-12-14-34-15-13-24)23(3)20-28(30)37-32-35-22-26(33)31(38-32)36-27-10-7-8-11-29(27)41-19-18-39-16-5-2/h4-5,7-8,10-11,20-22,24,34H,1-2,6,9,12-19H2,3H3,(H2,35,36,37,38). The molecule has 0 radical (unpaired) electrons. The molecule has 1 aliphatic rings. The lowest BCUT2D eigenvalue weighted by Gasteiger charge is -2.26. The fourth-order valence-corrected chi connectivity index (χ4v) is 4.88. The number of halogens is 1. The van der Waals surface area contributed by atoms with E-state index in [2.05, 4.69) is 58.1 Å². The molecular formula is C32H40ClN5O3. The number of nitrogens with zero attached hydrogens (tertiary/aromatic N) is 2. The van der Waals surface area contributed by atoms with Crippen LogP contribution in [0.2, 0.25) is 5.02 Å². The van der Waals surface area contributed by atoms with E-state index < -0.39 is 0 Å². The van der Waals surface area contributed by atoms with Gasteiger partial charge in [-0.1, -0.05) is 35.9 Å². The second-order valence-electron chi connectivity index (χ2n) is 9.86. The first-order chi connectivity index (χ1) is 20.1. The SMILES string of the molecule is C=CCCCOc1cc(C2CCNCC2)c(C)cc1Nc1ncc(Cl)c(Nc2ccccc2OCCOCC=C)n1. The summed E-state index contributed by atoms with van der Waals surface area (Å²) in [7, 11) is 0. The molecule has 0 spiro atoms. The number of ether oxygens (including phenoxy) is 3. The third-order valence-electron chi connectivity index (χ3n) is 6.81. The molecule has 9 heteroatoms. The van der Waals surface area contributed by atoms with Crippen LogP contribution in [-0.4, -0.2) is 49.5 Å². The number of hydrogen-bond acceptors (Lipinski definition) is 8. The van der Waals surface area contributed by atoms with Crippen LogP contribution in [0.15, 0.2) is 67.9 Å². The number of aromatic nitrogens is 2. The molecule has 0 amide bonds. The van der Waals surface area contributed by atoms with Crippen molar-refractivity contribution in [2.45, 2.75) is 38.5 Å². The first kappa shape index (κ1) is 30.4. The number of hydrogen-bond donors (Lipinski definition) is 3. The van der Waals surface area contributed by atoms with Gasteiger partial charge in [0, 0.05) is 0 Å². The lowest BCUT2D eigenvalue weighted by Crippen LogP contribution is -2.27. The number of para-hydroxylation sites is 2. The number of unbranched alkanes of at least 4 members (excludes halogenated alkanes) is 1. The predicted molar refractivity (Wildman–Crippen MR) is 168 cm³/mol. The molecule has 8 nitrogen and oxygen atoms in total. The summed E-state index contributed by atoms with van der Waals surface area (Å²) in [6, 6.07) is 11.9. The van der Waals surface area contributed by atoms with Gasteiger partial charge in [0.05, 0.1) is 37.4 Å². The van der Waals surface area contributed by atoms with Crippen molar-refractivity contribution < 1.29 is 14.2 Å². The summed E-state index contributed by atoms with van der Waals surface area (Å²) in [6.45, 7) is 13.6. The van der Waals surface area contributed by atoms with Gasteiger partial charge in [-0.25, -0.2) is 4.98 Å². The fraction of sp³-hybridized carbons (Fsp3) is 0.375. The Labute approximate surface area is 248 Å².